The fourth-order valence-electron chi connectivity index (χ4n) is 1.49. The highest BCUT2D eigenvalue weighted by molar-refractivity contribution is 5.76. The van der Waals surface area contributed by atoms with Crippen molar-refractivity contribution in [2.75, 3.05) is 26.3 Å². The summed E-state index contributed by atoms with van der Waals surface area (Å²) >= 11 is 0. The molecule has 0 saturated heterocycles. The number of aliphatic hydroxyl groups excluding tert-OH is 2. The number of carboxylic acids is 1. The van der Waals surface area contributed by atoms with Crippen molar-refractivity contribution in [2.45, 2.75) is 32.1 Å². The zero-order valence-electron chi connectivity index (χ0n) is 9.97. The molecule has 0 aromatic carbocycles. The number of carbonyl (C=O) groups is 2. The Morgan fingerprint density at radius 3 is 1.88 bits per heavy atom. The first-order valence-electron chi connectivity index (χ1n) is 5.83. The summed E-state index contributed by atoms with van der Waals surface area (Å²) in [7, 11) is 0. The number of nitrogens with zero attached hydrogens (tertiary/aromatic N) is 1. The van der Waals surface area contributed by atoms with Crippen molar-refractivity contribution < 1.29 is 24.9 Å². The van der Waals surface area contributed by atoms with Gasteiger partial charge in [-0.25, -0.2) is 0 Å². The molecule has 100 valence electrons. The number of hydrogen-bond donors (Lipinski definition) is 3. The van der Waals surface area contributed by atoms with Gasteiger partial charge in [0.25, 0.3) is 0 Å². The van der Waals surface area contributed by atoms with Crippen molar-refractivity contribution in [1.82, 2.24) is 4.90 Å². The summed E-state index contributed by atoms with van der Waals surface area (Å²) in [5.41, 5.74) is 0. The molecule has 0 atom stereocenters. The lowest BCUT2D eigenvalue weighted by Crippen LogP contribution is -2.35. The Morgan fingerprint density at radius 2 is 1.41 bits per heavy atom. The highest BCUT2D eigenvalue weighted by Gasteiger charge is 2.11. The van der Waals surface area contributed by atoms with Gasteiger partial charge in [0.2, 0.25) is 5.91 Å². The molecular formula is C11H21NO5. The molecule has 0 unspecified atom stereocenters. The Bertz CT molecular complexity index is 226. The molecule has 0 rings (SSSR count). The van der Waals surface area contributed by atoms with Gasteiger partial charge in [-0.3, -0.25) is 9.59 Å². The molecule has 0 radical (unpaired) electrons. The predicted octanol–water partition coefficient (Wildman–Crippen LogP) is -0.165. The van der Waals surface area contributed by atoms with Gasteiger partial charge >= 0.3 is 5.97 Å². The summed E-state index contributed by atoms with van der Waals surface area (Å²) in [4.78, 5) is 23.3. The van der Waals surface area contributed by atoms with Crippen molar-refractivity contribution in [3.63, 3.8) is 0 Å². The number of aliphatic carboxylic acids is 1. The summed E-state index contributed by atoms with van der Waals surface area (Å²) in [6, 6.07) is 0. The maximum atomic E-state index is 11.6. The minimum atomic E-state index is -0.821. The minimum Gasteiger partial charge on any atom is -0.481 e. The second kappa shape index (κ2) is 10.0. The van der Waals surface area contributed by atoms with E-state index in [1.165, 1.54) is 4.90 Å². The number of carbonyl (C=O) groups excluding carboxylic acids is 1. The van der Waals surface area contributed by atoms with E-state index in [2.05, 4.69) is 0 Å². The summed E-state index contributed by atoms with van der Waals surface area (Å²) in [6.07, 6.45) is 2.37. The van der Waals surface area contributed by atoms with Gasteiger partial charge in [0.15, 0.2) is 0 Å². The van der Waals surface area contributed by atoms with Crippen LogP contribution in [0.1, 0.15) is 32.1 Å². The molecular weight excluding hydrogens is 226 g/mol. The van der Waals surface area contributed by atoms with Crippen LogP contribution in [0.15, 0.2) is 0 Å². The highest BCUT2D eigenvalue weighted by atomic mass is 16.4. The first-order chi connectivity index (χ1) is 8.11. The highest BCUT2D eigenvalue weighted by Crippen LogP contribution is 2.05. The number of rotatable bonds is 10. The van der Waals surface area contributed by atoms with Crippen LogP contribution in [0, 0.1) is 0 Å². The number of aliphatic hydroxyl groups is 2. The van der Waals surface area contributed by atoms with Crippen LogP contribution in [0.5, 0.6) is 0 Å². The molecule has 0 aliphatic heterocycles. The molecule has 0 aromatic heterocycles. The SMILES string of the molecule is O=C(O)CCCCCC(=O)N(CCO)CCO. The fraction of sp³-hybridized carbons (Fsp3) is 0.818. The molecule has 0 spiro atoms. The molecule has 1 amide bonds. The van der Waals surface area contributed by atoms with Crippen molar-refractivity contribution in [3.05, 3.63) is 0 Å². The smallest absolute Gasteiger partial charge is 0.303 e. The third kappa shape index (κ3) is 8.65. The molecule has 0 aliphatic rings. The van der Waals surface area contributed by atoms with Crippen LogP contribution >= 0.6 is 0 Å². The number of amides is 1. The number of hydrogen-bond acceptors (Lipinski definition) is 4. The van der Waals surface area contributed by atoms with E-state index in [1.807, 2.05) is 0 Å². The van der Waals surface area contributed by atoms with Crippen molar-refractivity contribution in [1.29, 1.82) is 0 Å². The molecule has 6 nitrogen and oxygen atoms in total. The van der Waals surface area contributed by atoms with Crippen LogP contribution in [-0.4, -0.2) is 58.4 Å². The normalized spacial score (nSPS) is 10.2. The average Bonchev–Trinajstić information content (AvgIpc) is 2.27. The average molecular weight is 247 g/mol. The first-order valence-corrected chi connectivity index (χ1v) is 5.83. The van der Waals surface area contributed by atoms with Crippen LogP contribution in [0.3, 0.4) is 0 Å². The summed E-state index contributed by atoms with van der Waals surface area (Å²) in [5.74, 6) is -0.929. The lowest BCUT2D eigenvalue weighted by molar-refractivity contribution is -0.137. The number of unbranched alkanes of at least 4 members (excludes halogenated alkanes) is 2. The van der Waals surface area contributed by atoms with E-state index in [-0.39, 0.29) is 38.6 Å². The largest absolute Gasteiger partial charge is 0.481 e. The lowest BCUT2D eigenvalue weighted by atomic mass is 10.1. The summed E-state index contributed by atoms with van der Waals surface area (Å²) in [6.45, 7) is 0.221. The van der Waals surface area contributed by atoms with E-state index < -0.39 is 5.97 Å². The molecule has 0 aliphatic carbocycles. The fourth-order valence-corrected chi connectivity index (χ4v) is 1.49. The van der Waals surface area contributed by atoms with Crippen molar-refractivity contribution >= 4 is 11.9 Å². The Labute approximate surface area is 101 Å². The van der Waals surface area contributed by atoms with Gasteiger partial charge in [0.1, 0.15) is 0 Å². The molecule has 17 heavy (non-hydrogen) atoms. The first kappa shape index (κ1) is 15.9. The Hall–Kier alpha value is -1.14. The quantitative estimate of drug-likeness (QED) is 0.466. The van der Waals surface area contributed by atoms with Crippen molar-refractivity contribution in [2.24, 2.45) is 0 Å². The topological polar surface area (TPSA) is 98.1 Å². The monoisotopic (exact) mass is 247 g/mol. The second-order valence-corrected chi connectivity index (χ2v) is 3.78. The van der Waals surface area contributed by atoms with Gasteiger partial charge in [-0.05, 0) is 12.8 Å². The van der Waals surface area contributed by atoms with Gasteiger partial charge in [0, 0.05) is 25.9 Å². The van der Waals surface area contributed by atoms with E-state index in [0.29, 0.717) is 25.7 Å². The third-order valence-corrected chi connectivity index (χ3v) is 2.37. The van der Waals surface area contributed by atoms with Crippen molar-refractivity contribution in [3.8, 4) is 0 Å². The minimum absolute atomic E-state index is 0.108. The Kier molecular flexibility index (Phi) is 9.37. The molecule has 0 bridgehead atoms. The van der Waals surface area contributed by atoms with Gasteiger partial charge in [0.05, 0.1) is 13.2 Å². The van der Waals surface area contributed by atoms with Crippen LogP contribution in [0.4, 0.5) is 0 Å². The van der Waals surface area contributed by atoms with Gasteiger partial charge in [-0.1, -0.05) is 6.42 Å². The maximum Gasteiger partial charge on any atom is 0.303 e. The summed E-state index contributed by atoms with van der Waals surface area (Å²) in [5, 5.41) is 25.9. The zero-order chi connectivity index (χ0) is 13.1. The third-order valence-electron chi connectivity index (χ3n) is 2.37. The van der Waals surface area contributed by atoms with Gasteiger partial charge in [-0.2, -0.15) is 0 Å². The number of carboxylic acid groups (broad SMARTS) is 1. The van der Waals surface area contributed by atoms with Crippen LogP contribution in [0.2, 0.25) is 0 Å². The molecule has 0 saturated carbocycles. The maximum absolute atomic E-state index is 11.6. The van der Waals surface area contributed by atoms with E-state index >= 15 is 0 Å². The van der Waals surface area contributed by atoms with E-state index in [1.54, 1.807) is 0 Å². The standard InChI is InChI=1S/C11H21NO5/c13-8-6-12(7-9-14)10(15)4-2-1-3-5-11(16)17/h13-14H,1-9H2,(H,16,17). The molecule has 6 heteroatoms. The lowest BCUT2D eigenvalue weighted by Gasteiger charge is -2.20. The molecule has 0 heterocycles. The zero-order valence-corrected chi connectivity index (χ0v) is 9.97. The van der Waals surface area contributed by atoms with Crippen LogP contribution in [0.25, 0.3) is 0 Å². The van der Waals surface area contributed by atoms with Crippen LogP contribution < -0.4 is 0 Å². The molecule has 3 N–H and O–H groups in total. The Balaban J connectivity index is 3.70. The molecule has 0 fully saturated rings. The summed E-state index contributed by atoms with van der Waals surface area (Å²) < 4.78 is 0. The van der Waals surface area contributed by atoms with E-state index in [0.717, 1.165) is 0 Å². The van der Waals surface area contributed by atoms with Crippen LogP contribution in [-0.2, 0) is 9.59 Å². The van der Waals surface area contributed by atoms with Gasteiger partial charge in [-0.15, -0.1) is 0 Å². The second-order valence-electron chi connectivity index (χ2n) is 3.78. The predicted molar refractivity (Wildman–Crippen MR) is 61.5 cm³/mol. The van der Waals surface area contributed by atoms with Gasteiger partial charge < -0.3 is 20.2 Å². The van der Waals surface area contributed by atoms with E-state index in [9.17, 15) is 9.59 Å². The van der Waals surface area contributed by atoms with E-state index in [4.69, 9.17) is 15.3 Å². The Morgan fingerprint density at radius 1 is 0.882 bits per heavy atom. The molecule has 0 aromatic rings.